The van der Waals surface area contributed by atoms with E-state index in [1.807, 2.05) is 6.92 Å². The molecule has 0 aromatic rings. The second kappa shape index (κ2) is 7.80. The summed E-state index contributed by atoms with van der Waals surface area (Å²) in [6.45, 7) is 10.0. The normalized spacial score (nSPS) is 9.69. The Labute approximate surface area is 80.6 Å². The highest BCUT2D eigenvalue weighted by Gasteiger charge is 1.91. The number of rotatable bonds is 7. The highest BCUT2D eigenvalue weighted by atomic mass is 16.1. The predicted octanol–water partition coefficient (Wildman–Crippen LogP) is 1.07. The average molecular weight is 184 g/mol. The van der Waals surface area contributed by atoms with Gasteiger partial charge in [0.05, 0.1) is 0 Å². The molecule has 0 atom stereocenters. The molecule has 76 valence electrons. The molecule has 0 rings (SSSR count). The van der Waals surface area contributed by atoms with Crippen LogP contribution in [0.2, 0.25) is 0 Å². The molecular weight excluding hydrogens is 164 g/mol. The Morgan fingerprint density at radius 1 is 1.23 bits per heavy atom. The zero-order valence-electron chi connectivity index (χ0n) is 8.65. The number of amides is 1. The van der Waals surface area contributed by atoms with Crippen LogP contribution in [0.5, 0.6) is 0 Å². The summed E-state index contributed by atoms with van der Waals surface area (Å²) in [5, 5.41) is 6.02. The van der Waals surface area contributed by atoms with E-state index in [-0.39, 0.29) is 5.91 Å². The molecule has 0 unspecified atom stereocenters. The molecule has 0 aromatic carbocycles. The third-order valence-corrected chi connectivity index (χ3v) is 1.58. The summed E-state index contributed by atoms with van der Waals surface area (Å²) in [6.07, 6.45) is 2.12. The number of nitrogens with one attached hydrogen (secondary N) is 2. The summed E-state index contributed by atoms with van der Waals surface area (Å²) in [7, 11) is 0. The van der Waals surface area contributed by atoms with Gasteiger partial charge in [-0.05, 0) is 26.3 Å². The van der Waals surface area contributed by atoms with Gasteiger partial charge < -0.3 is 10.6 Å². The Morgan fingerprint density at radius 3 is 2.38 bits per heavy atom. The first kappa shape index (κ1) is 12.2. The van der Waals surface area contributed by atoms with Crippen molar-refractivity contribution in [1.82, 2.24) is 10.6 Å². The van der Waals surface area contributed by atoms with E-state index in [1.54, 1.807) is 6.92 Å². The minimum atomic E-state index is 0.0508. The highest BCUT2D eigenvalue weighted by Crippen LogP contribution is 1.86. The van der Waals surface area contributed by atoms with Crippen molar-refractivity contribution in [3.63, 3.8) is 0 Å². The number of carbonyl (C=O) groups is 1. The summed E-state index contributed by atoms with van der Waals surface area (Å²) < 4.78 is 0. The van der Waals surface area contributed by atoms with Gasteiger partial charge >= 0.3 is 0 Å². The Kier molecular flexibility index (Phi) is 7.30. The first-order valence-electron chi connectivity index (χ1n) is 4.72. The molecule has 0 aliphatic heterocycles. The van der Waals surface area contributed by atoms with Crippen LogP contribution in [0, 0.1) is 0 Å². The number of unbranched alkanes of at least 4 members (excludes halogenated alkanes) is 1. The van der Waals surface area contributed by atoms with Crippen molar-refractivity contribution in [2.75, 3.05) is 19.6 Å². The van der Waals surface area contributed by atoms with Crippen molar-refractivity contribution >= 4 is 5.91 Å². The Morgan fingerprint density at radius 2 is 1.85 bits per heavy atom. The van der Waals surface area contributed by atoms with Gasteiger partial charge in [-0.3, -0.25) is 4.79 Å². The molecule has 13 heavy (non-hydrogen) atoms. The van der Waals surface area contributed by atoms with E-state index >= 15 is 0 Å². The zero-order valence-corrected chi connectivity index (χ0v) is 8.65. The zero-order chi connectivity index (χ0) is 10.1. The topological polar surface area (TPSA) is 41.1 Å². The quantitative estimate of drug-likeness (QED) is 0.459. The van der Waals surface area contributed by atoms with Crippen LogP contribution in [0.15, 0.2) is 12.2 Å². The van der Waals surface area contributed by atoms with E-state index in [0.717, 1.165) is 38.0 Å². The Bertz CT molecular complexity index is 148. The number of carbonyl (C=O) groups excluding carboxylic acids is 1. The third kappa shape index (κ3) is 11.2. The van der Waals surface area contributed by atoms with Gasteiger partial charge in [-0.1, -0.05) is 12.2 Å². The van der Waals surface area contributed by atoms with Gasteiger partial charge in [-0.25, -0.2) is 0 Å². The van der Waals surface area contributed by atoms with Crippen molar-refractivity contribution in [2.24, 2.45) is 0 Å². The minimum Gasteiger partial charge on any atom is -0.356 e. The first-order chi connectivity index (χ1) is 6.13. The van der Waals surface area contributed by atoms with Gasteiger partial charge in [-0.15, -0.1) is 0 Å². The molecule has 0 saturated carbocycles. The SMILES string of the molecule is C=C(C)CNCCCCNC(C)=O. The van der Waals surface area contributed by atoms with Crippen molar-refractivity contribution in [3.8, 4) is 0 Å². The monoisotopic (exact) mass is 184 g/mol. The highest BCUT2D eigenvalue weighted by molar-refractivity contribution is 5.72. The molecule has 2 N–H and O–H groups in total. The van der Waals surface area contributed by atoms with Crippen molar-refractivity contribution in [1.29, 1.82) is 0 Å². The Hall–Kier alpha value is -0.830. The summed E-state index contributed by atoms with van der Waals surface area (Å²) in [4.78, 5) is 10.5. The molecule has 0 heterocycles. The maximum Gasteiger partial charge on any atom is 0.216 e. The lowest BCUT2D eigenvalue weighted by Gasteiger charge is -2.04. The van der Waals surface area contributed by atoms with Gasteiger partial charge in [0, 0.05) is 20.0 Å². The number of hydrogen-bond acceptors (Lipinski definition) is 2. The van der Waals surface area contributed by atoms with Gasteiger partial charge in [0.15, 0.2) is 0 Å². The van der Waals surface area contributed by atoms with Crippen LogP contribution in [-0.4, -0.2) is 25.5 Å². The van der Waals surface area contributed by atoms with E-state index < -0.39 is 0 Å². The molecule has 1 amide bonds. The van der Waals surface area contributed by atoms with Crippen LogP contribution < -0.4 is 10.6 Å². The number of hydrogen-bond donors (Lipinski definition) is 2. The summed E-state index contributed by atoms with van der Waals surface area (Å²) in [6, 6.07) is 0. The molecule has 0 saturated heterocycles. The molecule has 0 fully saturated rings. The van der Waals surface area contributed by atoms with Crippen LogP contribution in [-0.2, 0) is 4.79 Å². The third-order valence-electron chi connectivity index (χ3n) is 1.58. The average Bonchev–Trinajstić information content (AvgIpc) is 2.01. The molecule has 0 radical (unpaired) electrons. The second-order valence-corrected chi connectivity index (χ2v) is 3.32. The van der Waals surface area contributed by atoms with Crippen LogP contribution in [0.1, 0.15) is 26.7 Å². The van der Waals surface area contributed by atoms with Gasteiger partial charge in [0.25, 0.3) is 0 Å². The van der Waals surface area contributed by atoms with Gasteiger partial charge in [0.2, 0.25) is 5.91 Å². The smallest absolute Gasteiger partial charge is 0.216 e. The fraction of sp³-hybridized carbons (Fsp3) is 0.700. The van der Waals surface area contributed by atoms with Crippen molar-refractivity contribution in [2.45, 2.75) is 26.7 Å². The maximum atomic E-state index is 10.5. The van der Waals surface area contributed by atoms with Crippen LogP contribution in [0.3, 0.4) is 0 Å². The van der Waals surface area contributed by atoms with E-state index in [2.05, 4.69) is 17.2 Å². The molecule has 3 nitrogen and oxygen atoms in total. The second-order valence-electron chi connectivity index (χ2n) is 3.32. The van der Waals surface area contributed by atoms with Crippen LogP contribution >= 0.6 is 0 Å². The largest absolute Gasteiger partial charge is 0.356 e. The van der Waals surface area contributed by atoms with Crippen molar-refractivity contribution in [3.05, 3.63) is 12.2 Å². The van der Waals surface area contributed by atoms with Crippen molar-refractivity contribution < 1.29 is 4.79 Å². The lowest BCUT2D eigenvalue weighted by Crippen LogP contribution is -2.23. The van der Waals surface area contributed by atoms with E-state index in [0.29, 0.717) is 0 Å². The molecular formula is C10H20N2O. The van der Waals surface area contributed by atoms with E-state index in [1.165, 1.54) is 0 Å². The predicted molar refractivity (Wildman–Crippen MR) is 55.6 cm³/mol. The van der Waals surface area contributed by atoms with E-state index in [4.69, 9.17) is 0 Å². The molecule has 3 heteroatoms. The van der Waals surface area contributed by atoms with E-state index in [9.17, 15) is 4.79 Å². The lowest BCUT2D eigenvalue weighted by atomic mass is 10.3. The summed E-state index contributed by atoms with van der Waals surface area (Å²) in [5.74, 6) is 0.0508. The summed E-state index contributed by atoms with van der Waals surface area (Å²) >= 11 is 0. The molecule has 0 aromatic heterocycles. The maximum absolute atomic E-state index is 10.5. The first-order valence-corrected chi connectivity index (χ1v) is 4.72. The molecule has 0 aliphatic rings. The summed E-state index contributed by atoms with van der Waals surface area (Å²) in [5.41, 5.74) is 1.15. The Balaban J connectivity index is 3.00. The van der Waals surface area contributed by atoms with Crippen LogP contribution in [0.25, 0.3) is 0 Å². The fourth-order valence-corrected chi connectivity index (χ4v) is 0.941. The molecule has 0 spiro atoms. The minimum absolute atomic E-state index is 0.0508. The van der Waals surface area contributed by atoms with Crippen LogP contribution in [0.4, 0.5) is 0 Å². The fourth-order valence-electron chi connectivity index (χ4n) is 0.941. The molecule has 0 bridgehead atoms. The molecule has 0 aliphatic carbocycles. The lowest BCUT2D eigenvalue weighted by molar-refractivity contribution is -0.118. The van der Waals surface area contributed by atoms with Gasteiger partial charge in [-0.2, -0.15) is 0 Å². The van der Waals surface area contributed by atoms with Gasteiger partial charge in [0.1, 0.15) is 0 Å². The standard InChI is InChI=1S/C10H20N2O/c1-9(2)8-11-6-4-5-7-12-10(3)13/h11H,1,4-8H2,2-3H3,(H,12,13).